The summed E-state index contributed by atoms with van der Waals surface area (Å²) in [4.78, 5) is 2.71. The topological polar surface area (TPSA) is 72.8 Å². The number of unbranched alkanes of at least 4 members (excludes halogenated alkanes) is 2. The molecule has 1 aromatic carbocycles. The molecular formula is C14H17FN4OS. The molecule has 112 valence electrons. The van der Waals surface area contributed by atoms with Gasteiger partial charge in [-0.1, -0.05) is 19.8 Å². The highest BCUT2D eigenvalue weighted by Crippen LogP contribution is 2.35. The number of rotatable bonds is 5. The fraction of sp³-hybridized carbons (Fsp3) is 0.357. The number of thiocarbonyl (C=S) groups is 1. The number of aromatic amines is 1. The normalized spacial score (nSPS) is 11.3. The molecule has 0 bridgehead atoms. The van der Waals surface area contributed by atoms with Gasteiger partial charge in [0.2, 0.25) is 11.0 Å². The van der Waals surface area contributed by atoms with Crippen LogP contribution >= 0.6 is 12.2 Å². The molecule has 0 unspecified atom stereocenters. The van der Waals surface area contributed by atoms with E-state index in [4.69, 9.17) is 12.2 Å². The summed E-state index contributed by atoms with van der Waals surface area (Å²) >= 11 is 5.03. The molecule has 5 nitrogen and oxygen atoms in total. The lowest BCUT2D eigenvalue weighted by atomic mass is 10.2. The molecule has 3 N–H and O–H groups in total. The average molecular weight is 308 g/mol. The second kappa shape index (κ2) is 7.12. The van der Waals surface area contributed by atoms with Gasteiger partial charge in [0.1, 0.15) is 5.82 Å². The van der Waals surface area contributed by atoms with Crippen LogP contribution in [0.25, 0.3) is 10.9 Å². The number of hydrogen-bond donors (Lipinski definition) is 3. The van der Waals surface area contributed by atoms with E-state index in [1.165, 1.54) is 18.2 Å². The molecule has 2 aromatic rings. The summed E-state index contributed by atoms with van der Waals surface area (Å²) < 4.78 is 13.3. The molecule has 7 heteroatoms. The summed E-state index contributed by atoms with van der Waals surface area (Å²) in [5.74, 6) is -0.564. The van der Waals surface area contributed by atoms with Crippen LogP contribution in [-0.4, -0.2) is 21.7 Å². The summed E-state index contributed by atoms with van der Waals surface area (Å²) in [6.07, 6.45) is 3.26. The van der Waals surface area contributed by atoms with Crippen molar-refractivity contribution < 1.29 is 9.50 Å². The van der Waals surface area contributed by atoms with Crippen LogP contribution < -0.4 is 5.32 Å². The van der Waals surface area contributed by atoms with Gasteiger partial charge >= 0.3 is 0 Å². The smallest absolute Gasteiger partial charge is 0.218 e. The quantitative estimate of drug-likeness (QED) is 0.441. The number of azo groups is 1. The van der Waals surface area contributed by atoms with Crippen LogP contribution in [0.1, 0.15) is 26.2 Å². The van der Waals surface area contributed by atoms with E-state index in [9.17, 15) is 9.50 Å². The number of nitrogens with zero attached hydrogens (tertiary/aromatic N) is 2. The SMILES string of the molecule is CCCCCNC(=S)N=Nc1c(O)[nH]c2ccc(F)cc12. The summed E-state index contributed by atoms with van der Waals surface area (Å²) in [5, 5.41) is 21.2. The predicted octanol–water partition coefficient (Wildman–Crippen LogP) is 4.16. The van der Waals surface area contributed by atoms with Crippen molar-refractivity contribution in [1.29, 1.82) is 0 Å². The summed E-state index contributed by atoms with van der Waals surface area (Å²) in [5.41, 5.74) is 0.770. The molecule has 0 radical (unpaired) electrons. The fourth-order valence-corrected chi connectivity index (χ4v) is 2.08. The number of benzene rings is 1. The molecule has 0 spiro atoms. The van der Waals surface area contributed by atoms with Crippen LogP contribution in [0.2, 0.25) is 0 Å². The highest BCUT2D eigenvalue weighted by atomic mass is 32.1. The number of halogens is 1. The molecule has 0 fully saturated rings. The fourth-order valence-electron chi connectivity index (χ4n) is 1.94. The molecule has 1 heterocycles. The van der Waals surface area contributed by atoms with E-state index in [0.717, 1.165) is 25.8 Å². The predicted molar refractivity (Wildman–Crippen MR) is 84.6 cm³/mol. The van der Waals surface area contributed by atoms with Crippen molar-refractivity contribution >= 4 is 33.9 Å². The molecule has 0 saturated heterocycles. The third-order valence-corrected chi connectivity index (χ3v) is 3.24. The summed E-state index contributed by atoms with van der Waals surface area (Å²) in [6, 6.07) is 4.13. The van der Waals surface area contributed by atoms with Crippen LogP contribution in [0.15, 0.2) is 28.4 Å². The van der Waals surface area contributed by atoms with Crippen molar-refractivity contribution in [3.63, 3.8) is 0 Å². The summed E-state index contributed by atoms with van der Waals surface area (Å²) in [6.45, 7) is 2.86. The van der Waals surface area contributed by atoms with Crippen LogP contribution in [0.5, 0.6) is 5.88 Å². The zero-order valence-electron chi connectivity index (χ0n) is 11.7. The minimum absolute atomic E-state index is 0.159. The number of aromatic nitrogens is 1. The van der Waals surface area contributed by atoms with Crippen molar-refractivity contribution in [2.45, 2.75) is 26.2 Å². The number of aromatic hydroxyl groups is 1. The molecule has 0 aliphatic rings. The van der Waals surface area contributed by atoms with E-state index >= 15 is 0 Å². The van der Waals surface area contributed by atoms with Crippen LogP contribution in [0, 0.1) is 5.82 Å². The second-order valence-corrected chi connectivity index (χ2v) is 5.04. The molecule has 0 aliphatic heterocycles. The lowest BCUT2D eigenvalue weighted by Crippen LogP contribution is -2.19. The van der Waals surface area contributed by atoms with Gasteiger partial charge in [-0.2, -0.15) is 0 Å². The minimum atomic E-state index is -0.404. The highest BCUT2D eigenvalue weighted by molar-refractivity contribution is 7.80. The Bertz CT molecular complexity index is 668. The lowest BCUT2D eigenvalue weighted by Gasteiger charge is -2.01. The van der Waals surface area contributed by atoms with Crippen molar-refractivity contribution in [3.8, 4) is 5.88 Å². The number of fused-ring (bicyclic) bond motifs is 1. The monoisotopic (exact) mass is 308 g/mol. The Morgan fingerprint density at radius 1 is 1.43 bits per heavy atom. The maximum Gasteiger partial charge on any atom is 0.218 e. The first-order valence-electron chi connectivity index (χ1n) is 6.81. The van der Waals surface area contributed by atoms with Gasteiger partial charge in [0.05, 0.1) is 5.52 Å². The lowest BCUT2D eigenvalue weighted by molar-refractivity contribution is 0.459. The van der Waals surface area contributed by atoms with Crippen LogP contribution in [-0.2, 0) is 0 Å². The Hall–Kier alpha value is -2.02. The first-order chi connectivity index (χ1) is 10.1. The van der Waals surface area contributed by atoms with Gasteiger partial charge < -0.3 is 15.4 Å². The molecule has 2 rings (SSSR count). The van der Waals surface area contributed by atoms with Gasteiger partial charge in [-0.3, -0.25) is 0 Å². The van der Waals surface area contributed by atoms with Gasteiger partial charge in [0.15, 0.2) is 5.69 Å². The number of hydrogen-bond acceptors (Lipinski definition) is 3. The highest BCUT2D eigenvalue weighted by Gasteiger charge is 2.11. The molecule has 0 aliphatic carbocycles. The molecule has 0 saturated carbocycles. The maximum absolute atomic E-state index is 13.3. The van der Waals surface area contributed by atoms with E-state index in [1.54, 1.807) is 0 Å². The molecule has 0 atom stereocenters. The number of H-pyrrole nitrogens is 1. The van der Waals surface area contributed by atoms with Gasteiger partial charge in [0, 0.05) is 11.9 Å². The Morgan fingerprint density at radius 3 is 3.00 bits per heavy atom. The third kappa shape index (κ3) is 3.98. The van der Waals surface area contributed by atoms with E-state index in [0.29, 0.717) is 10.9 Å². The van der Waals surface area contributed by atoms with Crippen molar-refractivity contribution in [2.24, 2.45) is 10.2 Å². The Morgan fingerprint density at radius 2 is 2.24 bits per heavy atom. The standard InChI is InChI=1S/C14H17FN4OS/c1-2-3-4-7-16-14(21)19-18-12-10-8-9(15)5-6-11(10)17-13(12)20/h5-6,8,17,20H,2-4,7H2,1H3,(H,16,21). The molecule has 0 amide bonds. The zero-order chi connectivity index (χ0) is 15.2. The number of nitrogens with one attached hydrogen (secondary N) is 2. The summed E-state index contributed by atoms with van der Waals surface area (Å²) in [7, 11) is 0. The van der Waals surface area contributed by atoms with Gasteiger partial charge in [-0.15, -0.1) is 10.2 Å². The second-order valence-electron chi connectivity index (χ2n) is 4.65. The largest absolute Gasteiger partial charge is 0.493 e. The van der Waals surface area contributed by atoms with E-state index < -0.39 is 5.82 Å². The third-order valence-electron chi connectivity index (χ3n) is 3.01. The van der Waals surface area contributed by atoms with E-state index in [2.05, 4.69) is 27.5 Å². The van der Waals surface area contributed by atoms with Crippen molar-refractivity contribution in [2.75, 3.05) is 6.54 Å². The van der Waals surface area contributed by atoms with E-state index in [-0.39, 0.29) is 16.7 Å². The van der Waals surface area contributed by atoms with E-state index in [1.807, 2.05) is 0 Å². The van der Waals surface area contributed by atoms with Gasteiger partial charge in [0.25, 0.3) is 0 Å². The van der Waals surface area contributed by atoms with Crippen molar-refractivity contribution in [3.05, 3.63) is 24.0 Å². The van der Waals surface area contributed by atoms with Gasteiger partial charge in [-0.25, -0.2) is 4.39 Å². The Kier molecular flexibility index (Phi) is 5.21. The molecular weight excluding hydrogens is 291 g/mol. The van der Waals surface area contributed by atoms with Crippen LogP contribution in [0.4, 0.5) is 10.1 Å². The Labute approximate surface area is 127 Å². The van der Waals surface area contributed by atoms with Gasteiger partial charge in [-0.05, 0) is 36.8 Å². The average Bonchev–Trinajstić information content (AvgIpc) is 2.76. The maximum atomic E-state index is 13.3. The first-order valence-corrected chi connectivity index (χ1v) is 7.22. The minimum Gasteiger partial charge on any atom is -0.493 e. The Balaban J connectivity index is 2.08. The van der Waals surface area contributed by atoms with Crippen molar-refractivity contribution in [1.82, 2.24) is 10.3 Å². The zero-order valence-corrected chi connectivity index (χ0v) is 12.5. The van der Waals surface area contributed by atoms with Crippen LogP contribution in [0.3, 0.4) is 0 Å². The first kappa shape index (κ1) is 15.4. The molecule has 1 aromatic heterocycles. The molecule has 21 heavy (non-hydrogen) atoms.